The van der Waals surface area contributed by atoms with E-state index in [0.29, 0.717) is 18.1 Å². The van der Waals surface area contributed by atoms with Crippen molar-refractivity contribution in [1.82, 2.24) is 24.3 Å². The van der Waals surface area contributed by atoms with Crippen molar-refractivity contribution in [3.8, 4) is 6.07 Å². The predicted octanol–water partition coefficient (Wildman–Crippen LogP) is 4.25. The van der Waals surface area contributed by atoms with Crippen molar-refractivity contribution in [2.75, 3.05) is 26.2 Å². The summed E-state index contributed by atoms with van der Waals surface area (Å²) in [6, 6.07) is 12.0. The maximum Gasteiger partial charge on any atom is 0.410 e. The van der Waals surface area contributed by atoms with Gasteiger partial charge in [-0.1, -0.05) is 23.7 Å². The van der Waals surface area contributed by atoms with Gasteiger partial charge in [-0.15, -0.1) is 0 Å². The van der Waals surface area contributed by atoms with Crippen molar-refractivity contribution >= 4 is 28.7 Å². The number of aryl methyl sites for hydroxylation is 2. The molecule has 0 radical (unpaired) electrons. The fraction of sp³-hybridized carbons (Fsp3) is 0.440. The summed E-state index contributed by atoms with van der Waals surface area (Å²) in [7, 11) is 0. The lowest BCUT2D eigenvalue weighted by Gasteiger charge is -2.35. The Bertz CT molecular complexity index is 1200. The van der Waals surface area contributed by atoms with E-state index >= 15 is 0 Å². The van der Waals surface area contributed by atoms with Gasteiger partial charge in [0, 0.05) is 61.6 Å². The van der Waals surface area contributed by atoms with Crippen LogP contribution in [0.1, 0.15) is 37.9 Å². The van der Waals surface area contributed by atoms with Gasteiger partial charge < -0.3 is 14.2 Å². The summed E-state index contributed by atoms with van der Waals surface area (Å²) in [6.07, 6.45) is 2.26. The molecule has 3 heterocycles. The molecular formula is C25H29ClN6O2. The molecule has 0 aliphatic carbocycles. The third-order valence-electron chi connectivity index (χ3n) is 5.77. The van der Waals surface area contributed by atoms with E-state index in [2.05, 4.69) is 25.5 Å². The summed E-state index contributed by atoms with van der Waals surface area (Å²) in [6.45, 7) is 9.85. The molecule has 0 saturated carbocycles. The molecule has 34 heavy (non-hydrogen) atoms. The van der Waals surface area contributed by atoms with Crippen molar-refractivity contribution in [2.45, 2.75) is 45.9 Å². The van der Waals surface area contributed by atoms with Crippen LogP contribution in [0, 0.1) is 11.3 Å². The second-order valence-corrected chi connectivity index (χ2v) is 9.93. The van der Waals surface area contributed by atoms with Gasteiger partial charge in [0.1, 0.15) is 17.3 Å². The van der Waals surface area contributed by atoms with E-state index in [0.717, 1.165) is 49.3 Å². The second kappa shape index (κ2) is 10.00. The molecule has 1 aromatic carbocycles. The molecule has 178 valence electrons. The minimum absolute atomic E-state index is 0.163. The largest absolute Gasteiger partial charge is 0.444 e. The molecule has 1 aliphatic rings. The van der Waals surface area contributed by atoms with Crippen LogP contribution in [0.2, 0.25) is 5.02 Å². The van der Waals surface area contributed by atoms with E-state index in [1.54, 1.807) is 11.1 Å². The van der Waals surface area contributed by atoms with Crippen LogP contribution in [0.15, 0.2) is 36.5 Å². The molecule has 4 rings (SSSR count). The molecule has 3 aromatic rings. The molecule has 0 spiro atoms. The molecular weight excluding hydrogens is 452 g/mol. The van der Waals surface area contributed by atoms with E-state index in [-0.39, 0.29) is 11.9 Å². The molecule has 0 unspecified atom stereocenters. The molecule has 0 atom stereocenters. The third-order valence-corrected chi connectivity index (χ3v) is 6.02. The smallest absolute Gasteiger partial charge is 0.410 e. The number of carbonyl (C=O) groups excluding carboxylic acids is 1. The highest BCUT2D eigenvalue weighted by molar-refractivity contribution is 6.30. The lowest BCUT2D eigenvalue weighted by Crippen LogP contribution is -2.49. The van der Waals surface area contributed by atoms with Crippen molar-refractivity contribution in [3.05, 3.63) is 58.6 Å². The first-order chi connectivity index (χ1) is 16.2. The van der Waals surface area contributed by atoms with Crippen LogP contribution in [0.5, 0.6) is 0 Å². The molecule has 9 heteroatoms. The summed E-state index contributed by atoms with van der Waals surface area (Å²) in [4.78, 5) is 25.1. The number of amides is 1. The third kappa shape index (κ3) is 5.85. The second-order valence-electron chi connectivity index (χ2n) is 9.49. The summed E-state index contributed by atoms with van der Waals surface area (Å²) < 4.78 is 7.68. The maximum atomic E-state index is 12.4. The Morgan fingerprint density at radius 2 is 1.88 bits per heavy atom. The Balaban J connectivity index is 1.49. The number of halogens is 1. The van der Waals surface area contributed by atoms with Gasteiger partial charge in [0.15, 0.2) is 0 Å². The fourth-order valence-electron chi connectivity index (χ4n) is 4.06. The number of hydrogen-bond donors (Lipinski definition) is 0. The number of benzene rings is 1. The van der Waals surface area contributed by atoms with Crippen molar-refractivity contribution in [1.29, 1.82) is 5.26 Å². The highest BCUT2D eigenvalue weighted by atomic mass is 35.5. The van der Waals surface area contributed by atoms with Gasteiger partial charge in [-0.2, -0.15) is 5.26 Å². The van der Waals surface area contributed by atoms with Crippen LogP contribution in [0.3, 0.4) is 0 Å². The Hall–Kier alpha value is -3.15. The molecule has 0 N–H and O–H groups in total. The minimum Gasteiger partial charge on any atom is -0.444 e. The van der Waals surface area contributed by atoms with Crippen molar-refractivity contribution in [3.63, 3.8) is 0 Å². The predicted molar refractivity (Wildman–Crippen MR) is 130 cm³/mol. The average Bonchev–Trinajstić information content (AvgIpc) is 3.14. The topological polar surface area (TPSA) is 87.3 Å². The highest BCUT2D eigenvalue weighted by Crippen LogP contribution is 2.22. The molecule has 8 nitrogen and oxygen atoms in total. The fourth-order valence-corrected chi connectivity index (χ4v) is 4.19. The van der Waals surface area contributed by atoms with Gasteiger partial charge in [-0.05, 0) is 51.0 Å². The molecule has 1 amide bonds. The number of aromatic nitrogens is 3. The van der Waals surface area contributed by atoms with Gasteiger partial charge in [-0.25, -0.2) is 14.8 Å². The Morgan fingerprint density at radius 3 is 2.53 bits per heavy atom. The van der Waals surface area contributed by atoms with Crippen molar-refractivity contribution < 1.29 is 9.53 Å². The highest BCUT2D eigenvalue weighted by Gasteiger charge is 2.26. The zero-order valence-electron chi connectivity index (χ0n) is 19.8. The van der Waals surface area contributed by atoms with E-state index in [1.807, 2.05) is 51.1 Å². The standard InChI is InChI=1S/C25H29ClN6O2/c1-25(2,3)34-24(33)31-12-10-30(11-13-31)17-21-14-19-16-28-22(15-27)29-23(19)32(21)9-8-18-4-6-20(26)7-5-18/h4-7,14,16H,8-13,17H2,1-3H3. The maximum absolute atomic E-state index is 12.4. The quantitative estimate of drug-likeness (QED) is 0.542. The Labute approximate surface area is 204 Å². The lowest BCUT2D eigenvalue weighted by molar-refractivity contribution is 0.0137. The monoisotopic (exact) mass is 480 g/mol. The minimum atomic E-state index is -0.497. The molecule has 1 fully saturated rings. The number of hydrogen-bond acceptors (Lipinski definition) is 6. The number of nitrogens with zero attached hydrogens (tertiary/aromatic N) is 6. The zero-order valence-corrected chi connectivity index (χ0v) is 20.5. The van der Waals surface area contributed by atoms with Crippen LogP contribution >= 0.6 is 11.6 Å². The van der Waals surface area contributed by atoms with Crippen LogP contribution in [0.4, 0.5) is 4.79 Å². The first-order valence-corrected chi connectivity index (χ1v) is 11.8. The van der Waals surface area contributed by atoms with Gasteiger partial charge in [0.05, 0.1) is 0 Å². The number of rotatable bonds is 5. The number of piperazine rings is 1. The Morgan fingerprint density at radius 1 is 1.18 bits per heavy atom. The lowest BCUT2D eigenvalue weighted by atomic mass is 10.1. The number of ether oxygens (including phenoxy) is 1. The first kappa shape index (κ1) is 24.0. The number of fused-ring (bicyclic) bond motifs is 1. The zero-order chi connectivity index (χ0) is 24.3. The van der Waals surface area contributed by atoms with Gasteiger partial charge in [0.25, 0.3) is 0 Å². The summed E-state index contributed by atoms with van der Waals surface area (Å²) in [5, 5.41) is 10.9. The van der Waals surface area contributed by atoms with Crippen LogP contribution < -0.4 is 0 Å². The Kier molecular flexibility index (Phi) is 7.05. The molecule has 2 aromatic heterocycles. The van der Waals surface area contributed by atoms with Crippen molar-refractivity contribution in [2.24, 2.45) is 0 Å². The SMILES string of the molecule is CC(C)(C)OC(=O)N1CCN(Cc2cc3cnc(C#N)nc3n2CCc2ccc(Cl)cc2)CC1. The van der Waals surface area contributed by atoms with Gasteiger partial charge >= 0.3 is 6.09 Å². The van der Waals surface area contributed by atoms with E-state index in [1.165, 1.54) is 5.56 Å². The van der Waals surface area contributed by atoms with E-state index in [4.69, 9.17) is 16.3 Å². The summed E-state index contributed by atoms with van der Waals surface area (Å²) in [5.74, 6) is 0.163. The van der Waals surface area contributed by atoms with Gasteiger partial charge in [0.2, 0.25) is 5.82 Å². The average molecular weight is 481 g/mol. The van der Waals surface area contributed by atoms with Crippen LogP contribution in [-0.4, -0.2) is 62.2 Å². The van der Waals surface area contributed by atoms with E-state index in [9.17, 15) is 10.1 Å². The number of carbonyl (C=O) groups is 1. The van der Waals surface area contributed by atoms with Gasteiger partial charge in [-0.3, -0.25) is 4.90 Å². The molecule has 1 saturated heterocycles. The first-order valence-electron chi connectivity index (χ1n) is 11.4. The summed E-state index contributed by atoms with van der Waals surface area (Å²) in [5.41, 5.74) is 2.56. The molecule has 1 aliphatic heterocycles. The normalized spacial score (nSPS) is 14.9. The van der Waals surface area contributed by atoms with E-state index < -0.39 is 5.60 Å². The summed E-state index contributed by atoms with van der Waals surface area (Å²) >= 11 is 6.03. The van der Waals surface area contributed by atoms with Crippen LogP contribution in [0.25, 0.3) is 11.0 Å². The number of nitriles is 1. The van der Waals surface area contributed by atoms with Crippen LogP contribution in [-0.2, 0) is 24.2 Å². The molecule has 0 bridgehead atoms.